The van der Waals surface area contributed by atoms with Crippen molar-refractivity contribution in [1.29, 1.82) is 0 Å². The third-order valence-electron chi connectivity index (χ3n) is 4.34. The number of methoxy groups -OCH3 is 1. The molecule has 0 fully saturated rings. The summed E-state index contributed by atoms with van der Waals surface area (Å²) in [5.74, 6) is -0.572. The lowest BCUT2D eigenvalue weighted by molar-refractivity contribution is 0.0600. The number of anilines is 1. The Hall–Kier alpha value is -2.99. The fourth-order valence-corrected chi connectivity index (χ4v) is 3.36. The number of ether oxygens (including phenoxy) is 1. The maximum absolute atomic E-state index is 12.5. The maximum atomic E-state index is 12.5. The molecular weight excluding hydrogens is 372 g/mol. The number of carbonyl (C=O) groups excluding carboxylic acids is 2. The van der Waals surface area contributed by atoms with Gasteiger partial charge in [-0.1, -0.05) is 45.0 Å². The predicted molar refractivity (Wildman–Crippen MR) is 112 cm³/mol. The van der Waals surface area contributed by atoms with Crippen LogP contribution in [0.25, 0.3) is 11.3 Å². The third kappa shape index (κ3) is 4.46. The molecule has 0 aliphatic rings. The molecule has 0 unspecified atom stereocenters. The standard InChI is InChI=1S/C22H22N2O3S/c1-22(2,3)17-11-9-15(10-12-17)19(25)24-21-23-18(13-28-21)14-5-7-16(8-6-14)20(26)27-4/h5-13H,1-4H3,(H,23,24,25). The molecule has 1 aromatic heterocycles. The van der Waals surface area contributed by atoms with Crippen molar-refractivity contribution in [3.63, 3.8) is 0 Å². The Morgan fingerprint density at radius 2 is 1.57 bits per heavy atom. The average Bonchev–Trinajstić information content (AvgIpc) is 3.15. The fraction of sp³-hybridized carbons (Fsp3) is 0.227. The Bertz CT molecular complexity index is 984. The van der Waals surface area contributed by atoms with Crippen molar-refractivity contribution in [3.05, 3.63) is 70.6 Å². The highest BCUT2D eigenvalue weighted by molar-refractivity contribution is 7.14. The Kier molecular flexibility index (Phi) is 5.61. The molecule has 5 nitrogen and oxygen atoms in total. The summed E-state index contributed by atoms with van der Waals surface area (Å²) in [6.07, 6.45) is 0. The predicted octanol–water partition coefficient (Wildman–Crippen LogP) is 5.15. The number of nitrogens with one attached hydrogen (secondary N) is 1. The highest BCUT2D eigenvalue weighted by Crippen LogP contribution is 2.26. The first kappa shape index (κ1) is 19.8. The van der Waals surface area contributed by atoms with Crippen LogP contribution in [0, 0.1) is 0 Å². The van der Waals surface area contributed by atoms with Gasteiger partial charge in [0.1, 0.15) is 0 Å². The van der Waals surface area contributed by atoms with E-state index in [-0.39, 0.29) is 17.3 Å². The summed E-state index contributed by atoms with van der Waals surface area (Å²) in [5, 5.41) is 5.23. The number of aromatic nitrogens is 1. The van der Waals surface area contributed by atoms with E-state index in [0.29, 0.717) is 16.3 Å². The van der Waals surface area contributed by atoms with Crippen LogP contribution in [0.4, 0.5) is 5.13 Å². The molecule has 0 atom stereocenters. The molecule has 144 valence electrons. The van der Waals surface area contributed by atoms with Gasteiger partial charge in [-0.25, -0.2) is 9.78 Å². The molecule has 6 heteroatoms. The van der Waals surface area contributed by atoms with Gasteiger partial charge in [0.2, 0.25) is 0 Å². The van der Waals surface area contributed by atoms with Crippen molar-refractivity contribution < 1.29 is 14.3 Å². The molecule has 0 saturated carbocycles. The molecule has 0 saturated heterocycles. The van der Waals surface area contributed by atoms with Crippen molar-refractivity contribution in [1.82, 2.24) is 4.98 Å². The number of amides is 1. The summed E-state index contributed by atoms with van der Waals surface area (Å²) in [6, 6.07) is 14.6. The first-order valence-electron chi connectivity index (χ1n) is 8.84. The summed E-state index contributed by atoms with van der Waals surface area (Å²) in [6.45, 7) is 6.41. The lowest BCUT2D eigenvalue weighted by Gasteiger charge is -2.18. The van der Waals surface area contributed by atoms with E-state index in [1.54, 1.807) is 24.3 Å². The van der Waals surface area contributed by atoms with Crippen LogP contribution in [-0.2, 0) is 10.2 Å². The van der Waals surface area contributed by atoms with E-state index in [1.165, 1.54) is 24.0 Å². The average molecular weight is 394 g/mol. The van der Waals surface area contributed by atoms with E-state index in [2.05, 4.69) is 31.1 Å². The van der Waals surface area contributed by atoms with Crippen LogP contribution in [0.2, 0.25) is 0 Å². The van der Waals surface area contributed by atoms with Crippen LogP contribution in [0.15, 0.2) is 53.9 Å². The fourth-order valence-electron chi connectivity index (χ4n) is 2.65. The molecule has 0 aliphatic carbocycles. The van der Waals surface area contributed by atoms with Crippen molar-refractivity contribution in [3.8, 4) is 11.3 Å². The molecule has 2 aromatic carbocycles. The minimum absolute atomic E-state index is 0.0443. The highest BCUT2D eigenvalue weighted by Gasteiger charge is 2.15. The van der Waals surface area contributed by atoms with E-state index < -0.39 is 0 Å². The van der Waals surface area contributed by atoms with E-state index in [1.807, 2.05) is 29.6 Å². The van der Waals surface area contributed by atoms with Gasteiger partial charge in [0.15, 0.2) is 5.13 Å². The number of benzene rings is 2. The van der Waals surface area contributed by atoms with Crippen molar-refractivity contribution in [2.75, 3.05) is 12.4 Å². The second kappa shape index (κ2) is 7.94. The molecular formula is C22H22N2O3S. The normalized spacial score (nSPS) is 11.1. The van der Waals surface area contributed by atoms with E-state index in [9.17, 15) is 9.59 Å². The van der Waals surface area contributed by atoms with Gasteiger partial charge >= 0.3 is 5.97 Å². The summed E-state index contributed by atoms with van der Waals surface area (Å²) < 4.78 is 4.70. The number of hydrogen-bond acceptors (Lipinski definition) is 5. The second-order valence-electron chi connectivity index (χ2n) is 7.39. The largest absolute Gasteiger partial charge is 0.465 e. The van der Waals surface area contributed by atoms with Gasteiger partial charge in [-0.2, -0.15) is 0 Å². The minimum atomic E-state index is -0.379. The number of hydrogen-bond donors (Lipinski definition) is 1. The lowest BCUT2D eigenvalue weighted by Crippen LogP contribution is -2.14. The first-order chi connectivity index (χ1) is 13.3. The maximum Gasteiger partial charge on any atom is 0.337 e. The first-order valence-corrected chi connectivity index (χ1v) is 9.72. The smallest absolute Gasteiger partial charge is 0.337 e. The van der Waals surface area contributed by atoms with Gasteiger partial charge in [0, 0.05) is 16.5 Å². The van der Waals surface area contributed by atoms with Gasteiger partial charge in [0.25, 0.3) is 5.91 Å². The van der Waals surface area contributed by atoms with Crippen LogP contribution in [0.5, 0.6) is 0 Å². The van der Waals surface area contributed by atoms with Gasteiger partial charge in [0.05, 0.1) is 18.4 Å². The molecule has 0 bridgehead atoms. The molecule has 0 radical (unpaired) electrons. The molecule has 0 aliphatic heterocycles. The molecule has 0 spiro atoms. The quantitative estimate of drug-likeness (QED) is 0.622. The molecule has 28 heavy (non-hydrogen) atoms. The van der Waals surface area contributed by atoms with E-state index >= 15 is 0 Å². The van der Waals surface area contributed by atoms with Crippen LogP contribution >= 0.6 is 11.3 Å². The molecule has 1 amide bonds. The van der Waals surface area contributed by atoms with Gasteiger partial charge in [-0.05, 0) is 35.2 Å². The summed E-state index contributed by atoms with van der Waals surface area (Å²) in [5.41, 5.74) is 3.89. The van der Waals surface area contributed by atoms with E-state index in [4.69, 9.17) is 4.74 Å². The second-order valence-corrected chi connectivity index (χ2v) is 8.25. The zero-order valence-electron chi connectivity index (χ0n) is 16.3. The van der Waals surface area contributed by atoms with Crippen LogP contribution < -0.4 is 5.32 Å². The van der Waals surface area contributed by atoms with Crippen LogP contribution in [0.3, 0.4) is 0 Å². The molecule has 3 aromatic rings. The topological polar surface area (TPSA) is 68.3 Å². The number of rotatable bonds is 4. The zero-order chi connectivity index (χ0) is 20.3. The van der Waals surface area contributed by atoms with Gasteiger partial charge in [-0.15, -0.1) is 11.3 Å². The number of nitrogens with zero attached hydrogens (tertiary/aromatic N) is 1. The van der Waals surface area contributed by atoms with Crippen molar-refractivity contribution in [2.45, 2.75) is 26.2 Å². The Morgan fingerprint density at radius 1 is 0.964 bits per heavy atom. The molecule has 3 rings (SSSR count). The Labute approximate surface area is 168 Å². The summed E-state index contributed by atoms with van der Waals surface area (Å²) in [7, 11) is 1.35. The molecule has 1 heterocycles. The summed E-state index contributed by atoms with van der Waals surface area (Å²) in [4.78, 5) is 28.5. The van der Waals surface area contributed by atoms with Crippen molar-refractivity contribution >= 4 is 28.3 Å². The number of thiazole rings is 1. The third-order valence-corrected chi connectivity index (χ3v) is 5.10. The Morgan fingerprint density at radius 3 is 2.14 bits per heavy atom. The van der Waals surface area contributed by atoms with Gasteiger partial charge in [-0.3, -0.25) is 10.1 Å². The van der Waals surface area contributed by atoms with Crippen LogP contribution in [-0.4, -0.2) is 24.0 Å². The molecule has 1 N–H and O–H groups in total. The number of carbonyl (C=O) groups is 2. The van der Waals surface area contributed by atoms with Crippen LogP contribution in [0.1, 0.15) is 47.1 Å². The zero-order valence-corrected chi connectivity index (χ0v) is 17.1. The Balaban J connectivity index is 1.70. The SMILES string of the molecule is COC(=O)c1ccc(-c2csc(NC(=O)c3ccc(C(C)(C)C)cc3)n2)cc1. The van der Waals surface area contributed by atoms with Gasteiger partial charge < -0.3 is 4.74 Å². The highest BCUT2D eigenvalue weighted by atomic mass is 32.1. The number of esters is 1. The minimum Gasteiger partial charge on any atom is -0.465 e. The summed E-state index contributed by atoms with van der Waals surface area (Å²) >= 11 is 1.36. The van der Waals surface area contributed by atoms with Crippen molar-refractivity contribution in [2.24, 2.45) is 0 Å². The monoisotopic (exact) mass is 394 g/mol. The van der Waals surface area contributed by atoms with E-state index in [0.717, 1.165) is 11.3 Å². The lowest BCUT2D eigenvalue weighted by atomic mass is 9.87.